The van der Waals surface area contributed by atoms with Crippen LogP contribution < -0.4 is 0 Å². The van der Waals surface area contributed by atoms with Crippen LogP contribution in [0.3, 0.4) is 0 Å². The first-order chi connectivity index (χ1) is 8.74. The first-order valence-electron chi connectivity index (χ1n) is 6.23. The molecular formula is C14H17N3O. The van der Waals surface area contributed by atoms with Crippen molar-refractivity contribution in [3.63, 3.8) is 0 Å². The zero-order valence-corrected chi connectivity index (χ0v) is 10.8. The number of hydrogen-bond acceptors (Lipinski definition) is 3. The lowest BCUT2D eigenvalue weighted by molar-refractivity contribution is 0.0987. The van der Waals surface area contributed by atoms with Gasteiger partial charge in [0.1, 0.15) is 5.69 Å². The molecule has 0 radical (unpaired) electrons. The molecule has 0 aromatic carbocycles. The van der Waals surface area contributed by atoms with Gasteiger partial charge in [-0.15, -0.1) is 0 Å². The van der Waals surface area contributed by atoms with Gasteiger partial charge in [-0.2, -0.15) is 5.10 Å². The molecule has 0 amide bonds. The molecule has 0 saturated carbocycles. The highest BCUT2D eigenvalue weighted by atomic mass is 16.1. The van der Waals surface area contributed by atoms with Gasteiger partial charge in [0.15, 0.2) is 5.78 Å². The average Bonchev–Trinajstić information content (AvgIpc) is 2.86. The Morgan fingerprint density at radius 3 is 2.89 bits per heavy atom. The van der Waals surface area contributed by atoms with Crippen LogP contribution in [0.15, 0.2) is 30.7 Å². The lowest BCUT2D eigenvalue weighted by Gasteiger charge is -2.04. The van der Waals surface area contributed by atoms with Crippen molar-refractivity contribution >= 4 is 5.78 Å². The predicted molar refractivity (Wildman–Crippen MR) is 69.6 cm³/mol. The molecule has 94 valence electrons. The van der Waals surface area contributed by atoms with Crippen LogP contribution >= 0.6 is 0 Å². The van der Waals surface area contributed by atoms with Crippen molar-refractivity contribution in [2.45, 2.75) is 33.2 Å². The van der Waals surface area contributed by atoms with Gasteiger partial charge < -0.3 is 0 Å². The van der Waals surface area contributed by atoms with Crippen molar-refractivity contribution in [2.24, 2.45) is 0 Å². The third kappa shape index (κ3) is 2.64. The maximum atomic E-state index is 12.2. The van der Waals surface area contributed by atoms with E-state index in [4.69, 9.17) is 0 Å². The highest BCUT2D eigenvalue weighted by molar-refractivity contribution is 5.96. The van der Waals surface area contributed by atoms with Gasteiger partial charge in [0, 0.05) is 25.4 Å². The molecule has 0 aliphatic carbocycles. The molecule has 2 aromatic rings. The number of ketones is 1. The van der Waals surface area contributed by atoms with Crippen LogP contribution in [0.25, 0.3) is 0 Å². The van der Waals surface area contributed by atoms with Crippen LogP contribution in [0.4, 0.5) is 0 Å². The van der Waals surface area contributed by atoms with Gasteiger partial charge in [-0.05, 0) is 30.5 Å². The number of aryl methyl sites for hydroxylation is 2. The maximum Gasteiger partial charge on any atom is 0.185 e. The van der Waals surface area contributed by atoms with Crippen molar-refractivity contribution in [3.8, 4) is 0 Å². The van der Waals surface area contributed by atoms with Gasteiger partial charge in [0.2, 0.25) is 0 Å². The van der Waals surface area contributed by atoms with Gasteiger partial charge in [0.25, 0.3) is 0 Å². The third-order valence-corrected chi connectivity index (χ3v) is 2.91. The van der Waals surface area contributed by atoms with E-state index in [2.05, 4.69) is 10.1 Å². The zero-order valence-electron chi connectivity index (χ0n) is 10.8. The van der Waals surface area contributed by atoms with Crippen LogP contribution in [0.1, 0.15) is 35.5 Å². The lowest BCUT2D eigenvalue weighted by atomic mass is 10.0. The summed E-state index contributed by atoms with van der Waals surface area (Å²) in [6.07, 6.45) is 6.51. The van der Waals surface area contributed by atoms with E-state index in [1.807, 2.05) is 36.9 Å². The smallest absolute Gasteiger partial charge is 0.185 e. The highest BCUT2D eigenvalue weighted by Gasteiger charge is 2.13. The molecule has 18 heavy (non-hydrogen) atoms. The number of Topliss-reactive ketones (excluding diaryl/α,β-unsaturated/α-hetero) is 1. The first kappa shape index (κ1) is 12.5. The molecule has 0 bridgehead atoms. The van der Waals surface area contributed by atoms with E-state index < -0.39 is 0 Å². The Morgan fingerprint density at radius 1 is 1.39 bits per heavy atom. The summed E-state index contributed by atoms with van der Waals surface area (Å²) in [6, 6.07) is 3.82. The monoisotopic (exact) mass is 243 g/mol. The fourth-order valence-electron chi connectivity index (χ4n) is 1.91. The summed E-state index contributed by atoms with van der Waals surface area (Å²) >= 11 is 0. The molecule has 4 heteroatoms. The van der Waals surface area contributed by atoms with E-state index in [0.29, 0.717) is 12.1 Å². The minimum absolute atomic E-state index is 0.0584. The number of carbonyl (C=O) groups is 1. The normalized spacial score (nSPS) is 10.6. The van der Waals surface area contributed by atoms with Gasteiger partial charge in [-0.25, -0.2) is 0 Å². The molecule has 0 aliphatic heterocycles. The van der Waals surface area contributed by atoms with Crippen molar-refractivity contribution < 1.29 is 4.79 Å². The van der Waals surface area contributed by atoms with E-state index in [1.165, 1.54) is 0 Å². The Balaban J connectivity index is 2.16. The zero-order chi connectivity index (χ0) is 13.0. The average molecular weight is 243 g/mol. The Labute approximate surface area is 107 Å². The summed E-state index contributed by atoms with van der Waals surface area (Å²) in [4.78, 5) is 16.4. The van der Waals surface area contributed by atoms with Crippen LogP contribution in [0, 0.1) is 0 Å². The largest absolute Gasteiger partial charge is 0.292 e. The molecular weight excluding hydrogens is 226 g/mol. The summed E-state index contributed by atoms with van der Waals surface area (Å²) in [5.41, 5.74) is 2.53. The Hall–Kier alpha value is -1.97. The molecule has 0 N–H and O–H groups in total. The van der Waals surface area contributed by atoms with Crippen LogP contribution in [0.5, 0.6) is 0 Å². The van der Waals surface area contributed by atoms with Crippen LogP contribution in [-0.4, -0.2) is 20.5 Å². The summed E-state index contributed by atoms with van der Waals surface area (Å²) in [5.74, 6) is 0.0584. The van der Waals surface area contributed by atoms with Crippen molar-refractivity contribution in [1.29, 1.82) is 0 Å². The topological polar surface area (TPSA) is 47.8 Å². The Kier molecular flexibility index (Phi) is 3.87. The molecule has 0 atom stereocenters. The van der Waals surface area contributed by atoms with E-state index in [-0.39, 0.29) is 5.78 Å². The van der Waals surface area contributed by atoms with Crippen LogP contribution in [0.2, 0.25) is 0 Å². The predicted octanol–water partition coefficient (Wildman–Crippen LogP) is 2.29. The van der Waals surface area contributed by atoms with Crippen molar-refractivity contribution in [1.82, 2.24) is 14.8 Å². The van der Waals surface area contributed by atoms with Crippen molar-refractivity contribution in [3.05, 3.63) is 47.5 Å². The van der Waals surface area contributed by atoms with Gasteiger partial charge >= 0.3 is 0 Å². The molecule has 4 nitrogen and oxygen atoms in total. The van der Waals surface area contributed by atoms with E-state index in [0.717, 1.165) is 24.1 Å². The first-order valence-corrected chi connectivity index (χ1v) is 6.23. The number of nitrogens with zero attached hydrogens (tertiary/aromatic N) is 3. The molecule has 0 unspecified atom stereocenters. The second-order valence-corrected chi connectivity index (χ2v) is 4.17. The SMILES string of the molecule is CCc1cccnc1C(=O)Cc1cnn(CC)c1. The quantitative estimate of drug-likeness (QED) is 0.757. The molecule has 2 aromatic heterocycles. The molecule has 0 fully saturated rings. The maximum absolute atomic E-state index is 12.2. The van der Waals surface area contributed by atoms with Gasteiger partial charge in [-0.3, -0.25) is 14.5 Å². The van der Waals surface area contributed by atoms with Crippen molar-refractivity contribution in [2.75, 3.05) is 0 Å². The number of aromatic nitrogens is 3. The second kappa shape index (κ2) is 5.58. The molecule has 0 saturated heterocycles. The fraction of sp³-hybridized carbons (Fsp3) is 0.357. The highest BCUT2D eigenvalue weighted by Crippen LogP contribution is 2.10. The Bertz CT molecular complexity index is 545. The minimum atomic E-state index is 0.0584. The summed E-state index contributed by atoms with van der Waals surface area (Å²) < 4.78 is 1.82. The van der Waals surface area contributed by atoms with E-state index in [1.54, 1.807) is 12.4 Å². The summed E-state index contributed by atoms with van der Waals surface area (Å²) in [5, 5.41) is 4.17. The number of rotatable bonds is 5. The van der Waals surface area contributed by atoms with Crippen LogP contribution in [-0.2, 0) is 19.4 Å². The van der Waals surface area contributed by atoms with E-state index in [9.17, 15) is 4.79 Å². The summed E-state index contributed by atoms with van der Waals surface area (Å²) in [7, 11) is 0. The lowest BCUT2D eigenvalue weighted by Crippen LogP contribution is -2.08. The standard InChI is InChI=1S/C14H17N3O/c1-3-12-6-5-7-15-14(12)13(18)8-11-9-16-17(4-2)10-11/h5-7,9-10H,3-4,8H2,1-2H3. The molecule has 0 aliphatic rings. The fourth-order valence-corrected chi connectivity index (χ4v) is 1.91. The summed E-state index contributed by atoms with van der Waals surface area (Å²) in [6.45, 7) is 4.87. The number of pyridine rings is 1. The van der Waals surface area contributed by atoms with Gasteiger partial charge in [0.05, 0.1) is 6.20 Å². The number of carbonyl (C=O) groups excluding carboxylic acids is 1. The molecule has 2 rings (SSSR count). The molecule has 0 spiro atoms. The second-order valence-electron chi connectivity index (χ2n) is 4.17. The minimum Gasteiger partial charge on any atom is -0.292 e. The molecule has 2 heterocycles. The Morgan fingerprint density at radius 2 is 2.22 bits per heavy atom. The van der Waals surface area contributed by atoms with Gasteiger partial charge in [-0.1, -0.05) is 13.0 Å². The number of hydrogen-bond donors (Lipinski definition) is 0. The third-order valence-electron chi connectivity index (χ3n) is 2.91. The van der Waals surface area contributed by atoms with E-state index >= 15 is 0 Å².